The van der Waals surface area contributed by atoms with Gasteiger partial charge in [-0.05, 0) is 56.0 Å². The summed E-state index contributed by atoms with van der Waals surface area (Å²) in [5.74, 6) is -1.55. The number of carbonyl (C=O) groups excluding carboxylic acids is 1. The van der Waals surface area contributed by atoms with Crippen molar-refractivity contribution in [2.75, 3.05) is 30.3 Å². The van der Waals surface area contributed by atoms with Crippen LogP contribution in [0.1, 0.15) is 31.7 Å². The maximum atomic E-state index is 13.5. The highest BCUT2D eigenvalue weighted by Crippen LogP contribution is 2.21. The van der Waals surface area contributed by atoms with Crippen molar-refractivity contribution < 1.29 is 26.7 Å². The molecule has 1 amide bonds. The van der Waals surface area contributed by atoms with Gasteiger partial charge >= 0.3 is 0 Å². The van der Waals surface area contributed by atoms with Gasteiger partial charge in [0.1, 0.15) is 5.75 Å². The molecule has 0 saturated carbocycles. The molecule has 0 aliphatic heterocycles. The molecule has 1 N–H and O–H groups in total. The molecule has 2 aromatic rings. The zero-order valence-corrected chi connectivity index (χ0v) is 18.6. The SMILES string of the molecule is CCOc1ccc(CCCNC(=O)CCCN(c2ccc(F)c(F)c2)S(C)(=O)=O)cc1. The summed E-state index contributed by atoms with van der Waals surface area (Å²) in [4.78, 5) is 12.0. The first-order valence-electron chi connectivity index (χ1n) is 10.1. The summed E-state index contributed by atoms with van der Waals surface area (Å²) in [5.41, 5.74) is 1.17. The van der Waals surface area contributed by atoms with Crippen LogP contribution in [-0.4, -0.2) is 40.3 Å². The summed E-state index contributed by atoms with van der Waals surface area (Å²) in [6.45, 7) is 3.04. The number of amides is 1. The van der Waals surface area contributed by atoms with Crippen LogP contribution in [-0.2, 0) is 21.2 Å². The number of ether oxygens (including phenoxy) is 1. The van der Waals surface area contributed by atoms with Gasteiger partial charge in [-0.1, -0.05) is 12.1 Å². The quantitative estimate of drug-likeness (QED) is 0.497. The van der Waals surface area contributed by atoms with E-state index in [1.165, 1.54) is 6.07 Å². The molecule has 170 valence electrons. The molecule has 0 aromatic heterocycles. The van der Waals surface area contributed by atoms with Crippen LogP contribution < -0.4 is 14.4 Å². The number of halogens is 2. The Kier molecular flexibility index (Phi) is 9.23. The summed E-state index contributed by atoms with van der Waals surface area (Å²) in [6, 6.07) is 10.7. The van der Waals surface area contributed by atoms with Crippen LogP contribution >= 0.6 is 0 Å². The lowest BCUT2D eigenvalue weighted by molar-refractivity contribution is -0.121. The van der Waals surface area contributed by atoms with Crippen molar-refractivity contribution in [1.82, 2.24) is 5.32 Å². The molecule has 0 unspecified atom stereocenters. The van der Waals surface area contributed by atoms with Gasteiger partial charge in [-0.25, -0.2) is 17.2 Å². The Bertz CT molecular complexity index is 966. The Morgan fingerprint density at radius 2 is 1.77 bits per heavy atom. The van der Waals surface area contributed by atoms with E-state index in [9.17, 15) is 22.0 Å². The van der Waals surface area contributed by atoms with E-state index in [0.29, 0.717) is 13.2 Å². The molecule has 0 aliphatic rings. The van der Waals surface area contributed by atoms with E-state index in [4.69, 9.17) is 4.74 Å². The molecule has 0 saturated heterocycles. The van der Waals surface area contributed by atoms with Gasteiger partial charge < -0.3 is 10.1 Å². The predicted octanol–water partition coefficient (Wildman–Crippen LogP) is 3.66. The van der Waals surface area contributed by atoms with Crippen molar-refractivity contribution in [3.63, 3.8) is 0 Å². The molecule has 0 aliphatic carbocycles. The molecule has 9 heteroatoms. The highest BCUT2D eigenvalue weighted by molar-refractivity contribution is 7.92. The highest BCUT2D eigenvalue weighted by Gasteiger charge is 2.19. The van der Waals surface area contributed by atoms with Crippen LogP contribution in [0.2, 0.25) is 0 Å². The van der Waals surface area contributed by atoms with Crippen molar-refractivity contribution in [3.05, 3.63) is 59.7 Å². The lowest BCUT2D eigenvalue weighted by Crippen LogP contribution is -2.32. The fraction of sp³-hybridized carbons (Fsp3) is 0.409. The number of benzene rings is 2. The number of hydrogen-bond donors (Lipinski definition) is 1. The van der Waals surface area contributed by atoms with Gasteiger partial charge in [0.15, 0.2) is 11.6 Å². The van der Waals surface area contributed by atoms with Crippen LogP contribution in [0.15, 0.2) is 42.5 Å². The standard InChI is InChI=1S/C22H28F2N2O4S/c1-3-30-19-11-8-17(9-12-19)6-4-14-25-22(27)7-5-15-26(31(2,28)29)18-10-13-20(23)21(24)16-18/h8-13,16H,3-7,14-15H2,1-2H3,(H,25,27). The summed E-state index contributed by atoms with van der Waals surface area (Å²) >= 11 is 0. The first kappa shape index (κ1) is 24.6. The van der Waals surface area contributed by atoms with E-state index in [2.05, 4.69) is 5.32 Å². The minimum Gasteiger partial charge on any atom is -0.494 e. The molecule has 0 fully saturated rings. The molecule has 0 radical (unpaired) electrons. The molecule has 0 spiro atoms. The van der Waals surface area contributed by atoms with Gasteiger partial charge in [-0.15, -0.1) is 0 Å². The molecular weight excluding hydrogens is 426 g/mol. The van der Waals surface area contributed by atoms with Gasteiger partial charge in [0, 0.05) is 25.6 Å². The monoisotopic (exact) mass is 454 g/mol. The first-order chi connectivity index (χ1) is 14.7. The summed E-state index contributed by atoms with van der Waals surface area (Å²) in [5, 5.41) is 2.81. The Morgan fingerprint density at radius 1 is 1.06 bits per heavy atom. The Labute approximate surface area is 182 Å². The number of nitrogens with zero attached hydrogens (tertiary/aromatic N) is 1. The smallest absolute Gasteiger partial charge is 0.232 e. The Morgan fingerprint density at radius 3 is 2.39 bits per heavy atom. The second-order valence-electron chi connectivity index (χ2n) is 7.07. The van der Waals surface area contributed by atoms with Crippen molar-refractivity contribution in [3.8, 4) is 5.75 Å². The van der Waals surface area contributed by atoms with Gasteiger partial charge in [-0.2, -0.15) is 0 Å². The Balaban J connectivity index is 1.74. The van der Waals surface area contributed by atoms with Crippen molar-refractivity contribution in [1.29, 1.82) is 0 Å². The van der Waals surface area contributed by atoms with Gasteiger partial charge in [0.05, 0.1) is 18.6 Å². The van der Waals surface area contributed by atoms with E-state index in [1.54, 1.807) is 0 Å². The van der Waals surface area contributed by atoms with Crippen molar-refractivity contribution >= 4 is 21.6 Å². The van der Waals surface area contributed by atoms with Crippen molar-refractivity contribution in [2.45, 2.75) is 32.6 Å². The average Bonchev–Trinajstić information content (AvgIpc) is 2.71. The summed E-state index contributed by atoms with van der Waals surface area (Å²) in [6.07, 6.45) is 2.93. The van der Waals surface area contributed by atoms with E-state index in [0.717, 1.165) is 46.8 Å². The Hall–Kier alpha value is -2.68. The number of aryl methyl sites for hydroxylation is 1. The minimum atomic E-state index is -3.70. The number of sulfonamides is 1. The minimum absolute atomic E-state index is 0.0104. The first-order valence-corrected chi connectivity index (χ1v) is 12.0. The van der Waals surface area contributed by atoms with E-state index in [1.807, 2.05) is 31.2 Å². The fourth-order valence-electron chi connectivity index (χ4n) is 3.04. The summed E-state index contributed by atoms with van der Waals surface area (Å²) in [7, 11) is -3.70. The topological polar surface area (TPSA) is 75.7 Å². The van der Waals surface area contributed by atoms with Crippen LogP contribution in [0.25, 0.3) is 0 Å². The maximum absolute atomic E-state index is 13.5. The van der Waals surface area contributed by atoms with E-state index >= 15 is 0 Å². The molecular formula is C22H28F2N2O4S. The molecule has 2 rings (SSSR count). The van der Waals surface area contributed by atoms with Gasteiger partial charge in [0.25, 0.3) is 0 Å². The van der Waals surface area contributed by atoms with Gasteiger partial charge in [-0.3, -0.25) is 9.10 Å². The fourth-order valence-corrected chi connectivity index (χ4v) is 3.99. The largest absolute Gasteiger partial charge is 0.494 e. The lowest BCUT2D eigenvalue weighted by atomic mass is 10.1. The number of rotatable bonds is 12. The number of carbonyl (C=O) groups is 1. The van der Waals surface area contributed by atoms with Crippen molar-refractivity contribution in [2.24, 2.45) is 0 Å². The lowest BCUT2D eigenvalue weighted by Gasteiger charge is -2.22. The third-order valence-corrected chi connectivity index (χ3v) is 5.75. The second-order valence-corrected chi connectivity index (χ2v) is 8.97. The average molecular weight is 455 g/mol. The normalized spacial score (nSPS) is 11.2. The van der Waals surface area contributed by atoms with E-state index in [-0.39, 0.29) is 31.0 Å². The van der Waals surface area contributed by atoms with Gasteiger partial charge in [0.2, 0.25) is 15.9 Å². The van der Waals surface area contributed by atoms with Crippen LogP contribution in [0.5, 0.6) is 5.75 Å². The molecule has 6 nitrogen and oxygen atoms in total. The zero-order chi connectivity index (χ0) is 22.9. The van der Waals surface area contributed by atoms with Crippen LogP contribution in [0.4, 0.5) is 14.5 Å². The van der Waals surface area contributed by atoms with Crippen LogP contribution in [0, 0.1) is 11.6 Å². The third-order valence-electron chi connectivity index (χ3n) is 4.56. The molecule has 0 bridgehead atoms. The number of anilines is 1. The predicted molar refractivity (Wildman–Crippen MR) is 117 cm³/mol. The molecule has 0 atom stereocenters. The zero-order valence-electron chi connectivity index (χ0n) is 17.7. The number of nitrogens with one attached hydrogen (secondary N) is 1. The number of hydrogen-bond acceptors (Lipinski definition) is 4. The second kappa shape index (κ2) is 11.6. The highest BCUT2D eigenvalue weighted by atomic mass is 32.2. The molecule has 0 heterocycles. The molecule has 2 aromatic carbocycles. The molecule has 31 heavy (non-hydrogen) atoms. The van der Waals surface area contributed by atoms with Crippen LogP contribution in [0.3, 0.4) is 0 Å². The maximum Gasteiger partial charge on any atom is 0.232 e. The third kappa shape index (κ3) is 8.16. The summed E-state index contributed by atoms with van der Waals surface area (Å²) < 4.78 is 57.0. The van der Waals surface area contributed by atoms with E-state index < -0.39 is 21.7 Å².